The Bertz CT molecular complexity index is 560. The third-order valence-electron chi connectivity index (χ3n) is 3.38. The number of methoxy groups -OCH3 is 1. The molecule has 1 atom stereocenters. The number of nitrogens with one attached hydrogen (secondary N) is 1. The summed E-state index contributed by atoms with van der Waals surface area (Å²) >= 11 is 3.55. The molecule has 3 nitrogen and oxygen atoms in total. The van der Waals surface area contributed by atoms with Crippen LogP contribution in [0.1, 0.15) is 30.5 Å². The Labute approximate surface area is 134 Å². The van der Waals surface area contributed by atoms with E-state index in [9.17, 15) is 0 Å². The Balaban J connectivity index is 2.16. The Kier molecular flexibility index (Phi) is 6.21. The van der Waals surface area contributed by atoms with Gasteiger partial charge in [0.15, 0.2) is 0 Å². The van der Waals surface area contributed by atoms with E-state index in [0.717, 1.165) is 29.6 Å². The molecule has 2 aromatic rings. The van der Waals surface area contributed by atoms with E-state index >= 15 is 0 Å². The summed E-state index contributed by atoms with van der Waals surface area (Å²) in [6.07, 6.45) is 5.79. The molecule has 1 aromatic carbocycles. The molecule has 0 radical (unpaired) electrons. The van der Waals surface area contributed by atoms with Gasteiger partial charge in [0.05, 0.1) is 11.6 Å². The highest BCUT2D eigenvalue weighted by molar-refractivity contribution is 9.10. The number of hydrogen-bond donors (Lipinski definition) is 1. The fourth-order valence-corrected chi connectivity index (χ4v) is 2.87. The van der Waals surface area contributed by atoms with Crippen LogP contribution in [0.15, 0.2) is 47.2 Å². The molecule has 112 valence electrons. The van der Waals surface area contributed by atoms with Gasteiger partial charge in [0.2, 0.25) is 0 Å². The van der Waals surface area contributed by atoms with Crippen LogP contribution in [0.4, 0.5) is 0 Å². The molecule has 0 amide bonds. The van der Waals surface area contributed by atoms with Crippen molar-refractivity contribution in [3.05, 3.63) is 58.3 Å². The Hall–Kier alpha value is -1.39. The third-order valence-corrected chi connectivity index (χ3v) is 4.00. The summed E-state index contributed by atoms with van der Waals surface area (Å²) in [7, 11) is 1.68. The molecule has 0 spiro atoms. The molecule has 0 aliphatic carbocycles. The monoisotopic (exact) mass is 348 g/mol. The average molecular weight is 349 g/mol. The van der Waals surface area contributed by atoms with Crippen molar-refractivity contribution in [2.75, 3.05) is 13.7 Å². The molecule has 0 bridgehead atoms. The van der Waals surface area contributed by atoms with Gasteiger partial charge in [-0.25, -0.2) is 0 Å². The van der Waals surface area contributed by atoms with Crippen molar-refractivity contribution in [3.8, 4) is 5.75 Å². The van der Waals surface area contributed by atoms with Crippen LogP contribution in [-0.4, -0.2) is 18.6 Å². The first-order chi connectivity index (χ1) is 10.2. The van der Waals surface area contributed by atoms with Crippen LogP contribution in [0, 0.1) is 0 Å². The molecule has 21 heavy (non-hydrogen) atoms. The highest BCUT2D eigenvalue weighted by Gasteiger charge is 2.12. The predicted octanol–water partition coefficient (Wildman–Crippen LogP) is 4.14. The zero-order valence-electron chi connectivity index (χ0n) is 12.5. The van der Waals surface area contributed by atoms with Gasteiger partial charge in [0.25, 0.3) is 0 Å². The van der Waals surface area contributed by atoms with E-state index in [-0.39, 0.29) is 6.04 Å². The zero-order chi connectivity index (χ0) is 15.1. The lowest BCUT2D eigenvalue weighted by Crippen LogP contribution is -2.24. The number of rotatable bonds is 7. The number of nitrogens with zero attached hydrogens (tertiary/aromatic N) is 1. The van der Waals surface area contributed by atoms with Crippen molar-refractivity contribution in [2.45, 2.75) is 25.8 Å². The second-order valence-electron chi connectivity index (χ2n) is 4.97. The lowest BCUT2D eigenvalue weighted by molar-refractivity contribution is 0.412. The van der Waals surface area contributed by atoms with E-state index in [1.807, 2.05) is 24.5 Å². The van der Waals surface area contributed by atoms with Gasteiger partial charge in [-0.2, -0.15) is 0 Å². The smallest absolute Gasteiger partial charge is 0.133 e. The van der Waals surface area contributed by atoms with Crippen molar-refractivity contribution in [1.82, 2.24) is 10.3 Å². The number of ether oxygens (including phenoxy) is 1. The summed E-state index contributed by atoms with van der Waals surface area (Å²) in [5.41, 5.74) is 2.48. The van der Waals surface area contributed by atoms with Gasteiger partial charge >= 0.3 is 0 Å². The first-order valence-corrected chi connectivity index (χ1v) is 7.99. The van der Waals surface area contributed by atoms with Gasteiger partial charge in [0, 0.05) is 18.4 Å². The number of aromatic nitrogens is 1. The van der Waals surface area contributed by atoms with E-state index in [2.05, 4.69) is 51.4 Å². The number of halogens is 1. The fourth-order valence-electron chi connectivity index (χ4n) is 2.28. The minimum absolute atomic E-state index is 0.277. The molecule has 0 saturated carbocycles. The Morgan fingerprint density at radius 3 is 2.81 bits per heavy atom. The minimum Gasteiger partial charge on any atom is -0.496 e. The van der Waals surface area contributed by atoms with Crippen molar-refractivity contribution < 1.29 is 4.74 Å². The van der Waals surface area contributed by atoms with Crippen LogP contribution < -0.4 is 10.1 Å². The van der Waals surface area contributed by atoms with Crippen molar-refractivity contribution in [1.29, 1.82) is 0 Å². The summed E-state index contributed by atoms with van der Waals surface area (Å²) in [4.78, 5) is 4.23. The maximum absolute atomic E-state index is 5.28. The fraction of sp³-hybridized carbons (Fsp3) is 0.353. The normalized spacial score (nSPS) is 12.1. The zero-order valence-corrected chi connectivity index (χ0v) is 14.1. The largest absolute Gasteiger partial charge is 0.496 e. The maximum atomic E-state index is 5.28. The van der Waals surface area contributed by atoms with Crippen LogP contribution in [0.3, 0.4) is 0 Å². The second-order valence-corrected chi connectivity index (χ2v) is 5.82. The molecule has 4 heteroatoms. The van der Waals surface area contributed by atoms with Crippen LogP contribution in [-0.2, 0) is 6.42 Å². The average Bonchev–Trinajstić information content (AvgIpc) is 2.52. The SMILES string of the molecule is CCCNC(Cc1ccc(OC)c(Br)c1)c1cccnc1. The molecule has 1 unspecified atom stereocenters. The second kappa shape index (κ2) is 8.15. The van der Waals surface area contributed by atoms with Gasteiger partial charge in [-0.1, -0.05) is 19.1 Å². The van der Waals surface area contributed by atoms with Gasteiger partial charge in [-0.05, 0) is 64.6 Å². The topological polar surface area (TPSA) is 34.1 Å². The number of benzene rings is 1. The Morgan fingerprint density at radius 2 is 2.19 bits per heavy atom. The molecule has 1 heterocycles. The van der Waals surface area contributed by atoms with Gasteiger partial charge < -0.3 is 10.1 Å². The number of pyridine rings is 1. The summed E-state index contributed by atoms with van der Waals surface area (Å²) in [6, 6.07) is 10.6. The summed E-state index contributed by atoms with van der Waals surface area (Å²) in [5.74, 6) is 0.859. The lowest BCUT2D eigenvalue weighted by Gasteiger charge is -2.19. The van der Waals surface area contributed by atoms with Gasteiger partial charge in [0.1, 0.15) is 5.75 Å². The van der Waals surface area contributed by atoms with Crippen molar-refractivity contribution >= 4 is 15.9 Å². The highest BCUT2D eigenvalue weighted by atomic mass is 79.9. The van der Waals surface area contributed by atoms with Crippen LogP contribution >= 0.6 is 15.9 Å². The molecular formula is C17H21BrN2O. The van der Waals surface area contributed by atoms with E-state index < -0.39 is 0 Å². The molecule has 0 saturated heterocycles. The first-order valence-electron chi connectivity index (χ1n) is 7.20. The predicted molar refractivity (Wildman–Crippen MR) is 89.7 cm³/mol. The number of hydrogen-bond acceptors (Lipinski definition) is 3. The van der Waals surface area contributed by atoms with E-state index in [1.165, 1.54) is 11.1 Å². The minimum atomic E-state index is 0.277. The summed E-state index contributed by atoms with van der Waals surface area (Å²) in [5, 5.41) is 3.60. The van der Waals surface area contributed by atoms with Crippen LogP contribution in [0.25, 0.3) is 0 Å². The molecular weight excluding hydrogens is 328 g/mol. The standard InChI is InChI=1S/C17H21BrN2O/c1-3-8-20-16(14-5-4-9-19-12-14)11-13-6-7-17(21-2)15(18)10-13/h4-7,9-10,12,16,20H,3,8,11H2,1-2H3. The Morgan fingerprint density at radius 1 is 1.33 bits per heavy atom. The van der Waals surface area contributed by atoms with Crippen LogP contribution in [0.2, 0.25) is 0 Å². The maximum Gasteiger partial charge on any atom is 0.133 e. The lowest BCUT2D eigenvalue weighted by atomic mass is 10.00. The van der Waals surface area contributed by atoms with Crippen molar-refractivity contribution in [2.24, 2.45) is 0 Å². The summed E-state index contributed by atoms with van der Waals surface area (Å²) < 4.78 is 6.27. The van der Waals surface area contributed by atoms with E-state index in [1.54, 1.807) is 7.11 Å². The third kappa shape index (κ3) is 4.55. The molecule has 0 fully saturated rings. The first kappa shape index (κ1) is 16.0. The van der Waals surface area contributed by atoms with Gasteiger partial charge in [-0.15, -0.1) is 0 Å². The molecule has 1 N–H and O–H groups in total. The van der Waals surface area contributed by atoms with E-state index in [0.29, 0.717) is 0 Å². The molecule has 0 aliphatic rings. The van der Waals surface area contributed by atoms with E-state index in [4.69, 9.17) is 4.74 Å². The quantitative estimate of drug-likeness (QED) is 0.816. The van der Waals surface area contributed by atoms with Crippen molar-refractivity contribution in [3.63, 3.8) is 0 Å². The summed E-state index contributed by atoms with van der Waals surface area (Å²) in [6.45, 7) is 3.17. The molecule has 1 aromatic heterocycles. The molecule has 2 rings (SSSR count). The highest BCUT2D eigenvalue weighted by Crippen LogP contribution is 2.27. The van der Waals surface area contributed by atoms with Crippen LogP contribution in [0.5, 0.6) is 5.75 Å². The van der Waals surface area contributed by atoms with Gasteiger partial charge in [-0.3, -0.25) is 4.98 Å². The molecule has 0 aliphatic heterocycles.